The van der Waals surface area contributed by atoms with Gasteiger partial charge in [0.2, 0.25) is 5.91 Å². The smallest absolute Gasteiger partial charge is 0.254 e. The molecule has 1 atom stereocenters. The van der Waals surface area contributed by atoms with E-state index in [1.165, 1.54) is 38.7 Å². The van der Waals surface area contributed by atoms with Crippen molar-refractivity contribution in [1.82, 2.24) is 5.32 Å². The number of hydrogen-bond donors (Lipinski definition) is 3. The highest BCUT2D eigenvalue weighted by atomic mass is 32.2. The van der Waals surface area contributed by atoms with Crippen LogP contribution in [0.1, 0.15) is 18.6 Å². The van der Waals surface area contributed by atoms with E-state index in [4.69, 9.17) is 13.9 Å². The molecule has 0 bridgehead atoms. The summed E-state index contributed by atoms with van der Waals surface area (Å²) in [6, 6.07) is 16.1. The average molecular weight is 549 g/mol. The van der Waals surface area contributed by atoms with Crippen LogP contribution in [0, 0.1) is 17.1 Å². The van der Waals surface area contributed by atoms with Crippen LogP contribution in [0.3, 0.4) is 0 Å². The number of carbonyl (C=O) groups is 2. The van der Waals surface area contributed by atoms with E-state index >= 15 is 0 Å². The van der Waals surface area contributed by atoms with Crippen molar-refractivity contribution >= 4 is 35.0 Å². The highest BCUT2D eigenvalue weighted by Crippen LogP contribution is 2.41. The van der Waals surface area contributed by atoms with Gasteiger partial charge in [0, 0.05) is 17.5 Å². The van der Waals surface area contributed by atoms with Gasteiger partial charge in [-0.1, -0.05) is 17.8 Å². The molecule has 11 heteroatoms. The fraction of sp³-hybridized carbons (Fsp3) is 0.179. The van der Waals surface area contributed by atoms with Gasteiger partial charge in [0.15, 0.2) is 0 Å². The third kappa shape index (κ3) is 6.25. The van der Waals surface area contributed by atoms with Crippen molar-refractivity contribution in [3.8, 4) is 17.6 Å². The molecule has 39 heavy (non-hydrogen) atoms. The second-order valence-electron chi connectivity index (χ2n) is 8.33. The van der Waals surface area contributed by atoms with Gasteiger partial charge >= 0.3 is 0 Å². The molecule has 1 aliphatic heterocycles. The largest absolute Gasteiger partial charge is 0.497 e. The van der Waals surface area contributed by atoms with E-state index < -0.39 is 17.6 Å². The molecule has 3 aromatic rings. The first-order valence-corrected chi connectivity index (χ1v) is 12.7. The molecule has 0 spiro atoms. The molecule has 4 rings (SSSR count). The van der Waals surface area contributed by atoms with Crippen LogP contribution < -0.4 is 25.4 Å². The van der Waals surface area contributed by atoms with Gasteiger partial charge < -0.3 is 29.8 Å². The number of hydrogen-bond acceptors (Lipinski definition) is 8. The lowest BCUT2D eigenvalue weighted by Gasteiger charge is -2.28. The molecule has 2 heterocycles. The van der Waals surface area contributed by atoms with Crippen molar-refractivity contribution < 1.29 is 27.9 Å². The number of allylic oxidation sites excluding steroid dienone is 2. The van der Waals surface area contributed by atoms with E-state index in [2.05, 4.69) is 22.0 Å². The fourth-order valence-electron chi connectivity index (χ4n) is 4.07. The zero-order valence-electron chi connectivity index (χ0n) is 21.3. The molecule has 0 saturated carbocycles. The Hall–Kier alpha value is -4.69. The lowest BCUT2D eigenvalue weighted by atomic mass is 9.85. The summed E-state index contributed by atoms with van der Waals surface area (Å²) in [7, 11) is 3.00. The maximum Gasteiger partial charge on any atom is 0.254 e. The summed E-state index contributed by atoms with van der Waals surface area (Å²) in [4.78, 5) is 26.2. The predicted octanol–water partition coefficient (Wildman–Crippen LogP) is 5.14. The van der Waals surface area contributed by atoms with Crippen LogP contribution in [0.25, 0.3) is 0 Å². The number of amides is 2. The van der Waals surface area contributed by atoms with Crippen LogP contribution >= 0.6 is 11.8 Å². The van der Waals surface area contributed by atoms with Crippen LogP contribution in [0.4, 0.5) is 15.8 Å². The van der Waals surface area contributed by atoms with Gasteiger partial charge in [-0.25, -0.2) is 4.39 Å². The predicted molar refractivity (Wildman–Crippen MR) is 146 cm³/mol. The minimum atomic E-state index is -0.836. The number of benzene rings is 2. The maximum atomic E-state index is 13.6. The minimum absolute atomic E-state index is 0.0648. The van der Waals surface area contributed by atoms with E-state index in [0.29, 0.717) is 39.4 Å². The van der Waals surface area contributed by atoms with Gasteiger partial charge in [0.05, 0.1) is 60.1 Å². The van der Waals surface area contributed by atoms with E-state index in [9.17, 15) is 19.2 Å². The van der Waals surface area contributed by atoms with E-state index in [-0.39, 0.29) is 22.8 Å². The Kier molecular flexibility index (Phi) is 8.58. The van der Waals surface area contributed by atoms with Crippen molar-refractivity contribution in [1.29, 1.82) is 5.26 Å². The van der Waals surface area contributed by atoms with Gasteiger partial charge in [-0.15, -0.1) is 0 Å². The van der Waals surface area contributed by atoms with Crippen molar-refractivity contribution in [2.75, 3.05) is 30.6 Å². The summed E-state index contributed by atoms with van der Waals surface area (Å²) in [5, 5.41) is 19.1. The molecule has 3 N–H and O–H groups in total. The monoisotopic (exact) mass is 548 g/mol. The van der Waals surface area contributed by atoms with Crippen LogP contribution in [-0.2, 0) is 9.59 Å². The minimum Gasteiger partial charge on any atom is -0.497 e. The van der Waals surface area contributed by atoms with Crippen LogP contribution in [0.2, 0.25) is 0 Å². The Morgan fingerprint density at radius 3 is 2.62 bits per heavy atom. The number of furan rings is 1. The molecule has 0 saturated heterocycles. The molecular formula is C28H25FN4O5S. The van der Waals surface area contributed by atoms with Gasteiger partial charge in [-0.3, -0.25) is 9.59 Å². The van der Waals surface area contributed by atoms with Gasteiger partial charge in [-0.2, -0.15) is 5.26 Å². The van der Waals surface area contributed by atoms with E-state index in [0.717, 1.165) is 11.8 Å². The van der Waals surface area contributed by atoms with Gasteiger partial charge in [0.25, 0.3) is 5.91 Å². The second kappa shape index (κ2) is 12.2. The molecule has 2 amide bonds. The Balaban J connectivity index is 1.61. The number of thioether (sulfide) groups is 1. The summed E-state index contributed by atoms with van der Waals surface area (Å²) in [6.45, 7) is 1.70. The number of rotatable bonds is 9. The summed E-state index contributed by atoms with van der Waals surface area (Å²) >= 11 is 1.09. The second-order valence-corrected chi connectivity index (χ2v) is 9.32. The summed E-state index contributed by atoms with van der Waals surface area (Å²) in [5.41, 5.74) is 1.66. The highest BCUT2D eigenvalue weighted by Gasteiger charge is 2.36. The number of nitrogens with zero attached hydrogens (tertiary/aromatic N) is 1. The third-order valence-corrected chi connectivity index (χ3v) is 6.85. The highest BCUT2D eigenvalue weighted by molar-refractivity contribution is 8.03. The fourth-order valence-corrected chi connectivity index (χ4v) is 4.96. The Morgan fingerprint density at radius 1 is 1.13 bits per heavy atom. The molecule has 9 nitrogen and oxygen atoms in total. The maximum absolute atomic E-state index is 13.6. The lowest BCUT2D eigenvalue weighted by Crippen LogP contribution is -2.31. The first-order valence-electron chi connectivity index (χ1n) is 11.7. The standard InChI is InChI=1S/C28H25FN4O5S/c1-16-25(27(35)33-21-13-19(36-2)9-10-22(21)37-3)26(23-8-5-11-38-23)20(14-30)28(31-16)39-15-24(34)32-18-7-4-6-17(29)12-18/h4-13,26,31H,15H2,1-3H3,(H,32,34)(H,33,35)/t26-/m1/s1. The molecule has 2 aromatic carbocycles. The molecule has 0 aliphatic carbocycles. The van der Waals surface area contributed by atoms with Crippen LogP contribution in [0.5, 0.6) is 11.5 Å². The molecule has 0 radical (unpaired) electrons. The number of carbonyl (C=O) groups excluding carboxylic acids is 2. The summed E-state index contributed by atoms with van der Waals surface area (Å²) < 4.78 is 29.7. The number of anilines is 2. The van der Waals surface area contributed by atoms with Crippen molar-refractivity contribution in [2.24, 2.45) is 0 Å². The summed E-state index contributed by atoms with van der Waals surface area (Å²) in [6.07, 6.45) is 1.46. The van der Waals surface area contributed by atoms with Crippen LogP contribution in [-0.4, -0.2) is 31.8 Å². The first kappa shape index (κ1) is 27.3. The number of nitrogens with one attached hydrogen (secondary N) is 3. The molecular weight excluding hydrogens is 523 g/mol. The Labute approximate surface area is 228 Å². The molecule has 1 aromatic heterocycles. The Morgan fingerprint density at radius 2 is 1.95 bits per heavy atom. The Bertz CT molecular complexity index is 1490. The average Bonchev–Trinajstić information content (AvgIpc) is 3.46. The molecule has 200 valence electrons. The van der Waals surface area contributed by atoms with Crippen molar-refractivity contribution in [2.45, 2.75) is 12.8 Å². The molecule has 0 unspecified atom stereocenters. The summed E-state index contributed by atoms with van der Waals surface area (Å²) in [5.74, 6) is -0.899. The zero-order valence-corrected chi connectivity index (χ0v) is 22.1. The number of halogens is 1. The van der Waals surface area contributed by atoms with Gasteiger partial charge in [0.1, 0.15) is 23.1 Å². The lowest BCUT2D eigenvalue weighted by molar-refractivity contribution is -0.114. The van der Waals surface area contributed by atoms with E-state index in [1.807, 2.05) is 0 Å². The number of dihydropyridines is 1. The topological polar surface area (TPSA) is 126 Å². The zero-order chi connectivity index (χ0) is 27.9. The van der Waals surface area contributed by atoms with Gasteiger partial charge in [-0.05, 0) is 49.4 Å². The number of ether oxygens (including phenoxy) is 2. The van der Waals surface area contributed by atoms with Crippen LogP contribution in [0.15, 0.2) is 87.1 Å². The molecule has 0 fully saturated rings. The number of nitriles is 1. The third-order valence-electron chi connectivity index (χ3n) is 5.83. The molecule has 1 aliphatic rings. The SMILES string of the molecule is COc1ccc(OC)c(NC(=O)C2=C(C)NC(SCC(=O)Nc3cccc(F)c3)=C(C#N)[C@@H]2c2ccco2)c1. The van der Waals surface area contributed by atoms with Crippen molar-refractivity contribution in [3.63, 3.8) is 0 Å². The van der Waals surface area contributed by atoms with Crippen molar-refractivity contribution in [3.05, 3.63) is 94.3 Å². The quantitative estimate of drug-likeness (QED) is 0.336. The first-order chi connectivity index (χ1) is 18.8. The normalized spacial score (nSPS) is 14.8. The van der Waals surface area contributed by atoms with E-state index in [1.54, 1.807) is 43.3 Å². The number of methoxy groups -OCH3 is 2.